The number of aliphatic hydroxyl groups is 1. The second-order valence-electron chi connectivity index (χ2n) is 3.03. The fourth-order valence-corrected chi connectivity index (χ4v) is 0.407. The molecule has 0 aliphatic heterocycles. The lowest BCUT2D eigenvalue weighted by Crippen LogP contribution is -2.68. The van der Waals surface area contributed by atoms with E-state index in [1.807, 2.05) is 0 Å². The van der Waals surface area contributed by atoms with Crippen LogP contribution in [0.3, 0.4) is 0 Å². The normalized spacial score (nSPS) is 11.7. The molecule has 0 radical (unpaired) electrons. The van der Waals surface area contributed by atoms with Crippen molar-refractivity contribution in [3.8, 4) is 0 Å². The maximum absolute atomic E-state index is 10.7. The van der Waals surface area contributed by atoms with Crippen molar-refractivity contribution in [2.75, 3.05) is 27.2 Å². The Hall–Kier alpha value is -0.280. The van der Waals surface area contributed by atoms with E-state index in [1.54, 1.807) is 14.1 Å². The van der Waals surface area contributed by atoms with Crippen molar-refractivity contribution < 1.29 is 43.3 Å². The van der Waals surface area contributed by atoms with Crippen LogP contribution in [-0.2, 0) is 4.79 Å². The van der Waals surface area contributed by atoms with Crippen molar-refractivity contribution >= 4 is 5.91 Å². The minimum atomic E-state index is -4.94. The summed E-state index contributed by atoms with van der Waals surface area (Å²) in [6, 6.07) is 0. The lowest BCUT2D eigenvalue weighted by atomic mass is 10.4. The maximum Gasteiger partial charge on any atom is 0.310 e. The Balaban J connectivity index is 0. The highest BCUT2D eigenvalue weighted by Crippen LogP contribution is 1.94. The van der Waals surface area contributed by atoms with Crippen molar-refractivity contribution in [3.05, 3.63) is 0 Å². The largest absolute Gasteiger partial charge is 0.390 e. The van der Waals surface area contributed by atoms with E-state index in [0.717, 1.165) is 0 Å². The van der Waals surface area contributed by atoms with E-state index in [0.29, 0.717) is 6.54 Å². The number of quaternary nitrogens is 1. The molecule has 7 nitrogen and oxygen atoms in total. The molecule has 0 aliphatic rings. The molecule has 0 aliphatic carbocycles. The number of nitrogens with zero attached hydrogens (tertiary/aromatic N) is 1. The summed E-state index contributed by atoms with van der Waals surface area (Å²) in [5.41, 5.74) is 0. The van der Waals surface area contributed by atoms with Gasteiger partial charge in [0.15, 0.2) is 0 Å². The first kappa shape index (κ1) is 16.2. The average Bonchev–Trinajstić information content (AvgIpc) is 1.82. The molecule has 8 heteroatoms. The second-order valence-corrected chi connectivity index (χ2v) is 3.79. The average molecular weight is 232 g/mol. The minimum absolute atomic E-state index is 0.0621. The van der Waals surface area contributed by atoms with Gasteiger partial charge in [0.2, 0.25) is 0 Å². The van der Waals surface area contributed by atoms with Crippen LogP contribution in [0.1, 0.15) is 6.92 Å². The highest BCUT2D eigenvalue weighted by molar-refractivity contribution is 5.65. The number of likely N-dealkylation sites (N-methyl/N-ethyl adjacent to an activating group) is 1. The predicted molar refractivity (Wildman–Crippen MR) is 34.7 cm³/mol. The van der Waals surface area contributed by atoms with E-state index < -0.39 is 10.2 Å². The molecule has 14 heavy (non-hydrogen) atoms. The zero-order chi connectivity index (χ0) is 12.0. The molecule has 0 spiro atoms. The quantitative estimate of drug-likeness (QED) is 0.473. The summed E-state index contributed by atoms with van der Waals surface area (Å²) in [7, 11) is -1.39. The number of amides is 1. The first-order valence-electron chi connectivity index (χ1n) is 3.57. The molecule has 0 rings (SSSR count). The van der Waals surface area contributed by atoms with E-state index in [-0.39, 0.29) is 17.0 Å². The fourth-order valence-electron chi connectivity index (χ4n) is 0.407. The van der Waals surface area contributed by atoms with Crippen LogP contribution in [0.25, 0.3) is 0 Å². The standard InChI is InChI=1S/C6H14NO2.ClHO4/c1-6(9)7(2,3)4-5-8;2-1(3,4)5/h8H,4-5H2,1-3H3;(H,2,3,4,5)/q+1;/p-1. The molecule has 0 saturated carbocycles. The van der Waals surface area contributed by atoms with Gasteiger partial charge in [-0.05, 0) is 0 Å². The van der Waals surface area contributed by atoms with Gasteiger partial charge in [-0.3, -0.25) is 4.48 Å². The van der Waals surface area contributed by atoms with E-state index in [1.165, 1.54) is 6.92 Å². The monoisotopic (exact) mass is 231 g/mol. The topological polar surface area (TPSA) is 130 Å². The predicted octanol–water partition coefficient (Wildman–Crippen LogP) is -5.15. The van der Waals surface area contributed by atoms with E-state index in [2.05, 4.69) is 0 Å². The van der Waals surface area contributed by atoms with Crippen molar-refractivity contribution in [2.45, 2.75) is 6.92 Å². The first-order valence-corrected chi connectivity index (χ1v) is 4.81. The summed E-state index contributed by atoms with van der Waals surface area (Å²) in [5, 5.41) is 8.48. The van der Waals surface area contributed by atoms with Gasteiger partial charge >= 0.3 is 5.91 Å². The molecule has 0 fully saturated rings. The Morgan fingerprint density at radius 2 is 1.57 bits per heavy atom. The smallest absolute Gasteiger partial charge is 0.310 e. The number of halogens is 1. The van der Waals surface area contributed by atoms with Crippen LogP contribution in [0.5, 0.6) is 0 Å². The minimum Gasteiger partial charge on any atom is -0.390 e. The molecule has 1 amide bonds. The fraction of sp³-hybridized carbons (Fsp3) is 0.833. The highest BCUT2D eigenvalue weighted by Gasteiger charge is 2.19. The molecular formula is C6H14ClNO6. The first-order chi connectivity index (χ1) is 6.00. The maximum atomic E-state index is 10.7. The third-order valence-electron chi connectivity index (χ3n) is 1.51. The molecule has 86 valence electrons. The summed E-state index contributed by atoms with van der Waals surface area (Å²) in [5.74, 6) is 0.0732. The van der Waals surface area contributed by atoms with Gasteiger partial charge in [0.1, 0.15) is 6.54 Å². The summed E-state index contributed by atoms with van der Waals surface area (Å²) < 4.78 is 34.2. The Morgan fingerprint density at radius 3 is 1.64 bits per heavy atom. The number of hydrogen-bond donors (Lipinski definition) is 1. The van der Waals surface area contributed by atoms with Gasteiger partial charge in [-0.25, -0.2) is 23.4 Å². The van der Waals surface area contributed by atoms with Gasteiger partial charge in [0.05, 0.1) is 27.6 Å². The summed E-state index contributed by atoms with van der Waals surface area (Å²) >= 11 is 0. The molecular weight excluding hydrogens is 218 g/mol. The molecule has 0 heterocycles. The summed E-state index contributed by atoms with van der Waals surface area (Å²) in [6.45, 7) is 2.08. The number of aliphatic hydroxyl groups excluding tert-OH is 1. The van der Waals surface area contributed by atoms with Crippen LogP contribution in [-0.4, -0.2) is 42.7 Å². The number of rotatable bonds is 2. The lowest BCUT2D eigenvalue weighted by molar-refractivity contribution is -2.00. The van der Waals surface area contributed by atoms with Crippen molar-refractivity contribution in [3.63, 3.8) is 0 Å². The van der Waals surface area contributed by atoms with Gasteiger partial charge in [-0.2, -0.15) is 0 Å². The summed E-state index contributed by atoms with van der Waals surface area (Å²) in [6.07, 6.45) is 0. The van der Waals surface area contributed by atoms with Crippen LogP contribution >= 0.6 is 0 Å². The zero-order valence-corrected chi connectivity index (χ0v) is 8.98. The molecule has 0 aromatic heterocycles. The Morgan fingerprint density at radius 1 is 1.29 bits per heavy atom. The molecule has 0 saturated heterocycles. The third kappa shape index (κ3) is 14.3. The van der Waals surface area contributed by atoms with Gasteiger partial charge in [-0.1, -0.05) is 0 Å². The number of carbonyl (C=O) groups excluding carboxylic acids is 1. The summed E-state index contributed by atoms with van der Waals surface area (Å²) in [4.78, 5) is 10.7. The van der Waals surface area contributed by atoms with E-state index in [9.17, 15) is 4.79 Å². The molecule has 0 unspecified atom stereocenters. The molecule has 0 aromatic carbocycles. The van der Waals surface area contributed by atoms with Crippen LogP contribution in [0.2, 0.25) is 0 Å². The lowest BCUT2D eigenvalue weighted by Gasteiger charge is -2.23. The molecule has 0 atom stereocenters. The van der Waals surface area contributed by atoms with E-state index in [4.69, 9.17) is 23.7 Å². The van der Waals surface area contributed by atoms with E-state index >= 15 is 0 Å². The molecule has 0 aromatic rings. The van der Waals surface area contributed by atoms with Gasteiger partial charge < -0.3 is 5.11 Å². The molecule has 0 bridgehead atoms. The molecule has 1 N–H and O–H groups in total. The van der Waals surface area contributed by atoms with Crippen LogP contribution in [0, 0.1) is 10.2 Å². The van der Waals surface area contributed by atoms with Gasteiger partial charge in [-0.15, -0.1) is 10.2 Å². The van der Waals surface area contributed by atoms with Gasteiger partial charge in [0.25, 0.3) is 0 Å². The van der Waals surface area contributed by atoms with Crippen LogP contribution in [0.4, 0.5) is 0 Å². The van der Waals surface area contributed by atoms with Crippen molar-refractivity contribution in [1.29, 1.82) is 0 Å². The Labute approximate surface area is 84.1 Å². The van der Waals surface area contributed by atoms with Gasteiger partial charge in [0, 0.05) is 0 Å². The number of carbonyl (C=O) groups is 1. The van der Waals surface area contributed by atoms with Crippen LogP contribution in [0.15, 0.2) is 0 Å². The van der Waals surface area contributed by atoms with Crippen LogP contribution < -0.4 is 18.6 Å². The Bertz CT molecular complexity index is 172. The number of hydrogen-bond acceptors (Lipinski definition) is 6. The Kier molecular flexibility index (Phi) is 7.21. The SMILES string of the molecule is CC(=O)[N+](C)(C)CCO.[O-][Cl+3]([O-])([O-])[O-]. The van der Waals surface area contributed by atoms with Crippen molar-refractivity contribution in [1.82, 2.24) is 0 Å². The van der Waals surface area contributed by atoms with Crippen molar-refractivity contribution in [2.24, 2.45) is 0 Å². The second kappa shape index (κ2) is 6.25. The zero-order valence-electron chi connectivity index (χ0n) is 8.23. The highest BCUT2D eigenvalue weighted by atomic mass is 35.7. The third-order valence-corrected chi connectivity index (χ3v) is 1.51.